The lowest BCUT2D eigenvalue weighted by Crippen LogP contribution is -2.13. The summed E-state index contributed by atoms with van der Waals surface area (Å²) in [6, 6.07) is 11.5. The van der Waals surface area contributed by atoms with Crippen LogP contribution in [0.1, 0.15) is 29.5 Å². The van der Waals surface area contributed by atoms with Crippen molar-refractivity contribution < 1.29 is 18.9 Å². The molecule has 1 aliphatic carbocycles. The van der Waals surface area contributed by atoms with Crippen molar-refractivity contribution in [3.8, 4) is 0 Å². The number of rotatable bonds is 7. The van der Waals surface area contributed by atoms with Crippen molar-refractivity contribution in [2.45, 2.75) is 32.3 Å². The fourth-order valence-electron chi connectivity index (χ4n) is 3.73. The van der Waals surface area contributed by atoms with Crippen LogP contribution >= 0.6 is 0 Å². The molecule has 0 radical (unpaired) electrons. The lowest BCUT2D eigenvalue weighted by molar-refractivity contribution is -0.384. The molecule has 0 saturated heterocycles. The molecule has 0 aliphatic heterocycles. The molecule has 1 heterocycles. The molecular formula is C22H20N2O6. The molecule has 30 heavy (non-hydrogen) atoms. The van der Waals surface area contributed by atoms with Crippen LogP contribution in [0.3, 0.4) is 0 Å². The third-order valence-corrected chi connectivity index (χ3v) is 5.18. The molecule has 1 N–H and O–H groups in total. The third-order valence-electron chi connectivity index (χ3n) is 5.18. The number of nitro groups is 1. The highest BCUT2D eigenvalue weighted by atomic mass is 16.6. The Morgan fingerprint density at radius 1 is 1.17 bits per heavy atom. The van der Waals surface area contributed by atoms with Gasteiger partial charge in [0.25, 0.3) is 5.69 Å². The summed E-state index contributed by atoms with van der Waals surface area (Å²) < 4.78 is 10.7. The third kappa shape index (κ3) is 4.17. The van der Waals surface area contributed by atoms with Crippen molar-refractivity contribution >= 4 is 28.3 Å². The Kier molecular flexibility index (Phi) is 5.47. The van der Waals surface area contributed by atoms with Gasteiger partial charge in [-0.25, -0.2) is 4.79 Å². The maximum atomic E-state index is 12.1. The van der Waals surface area contributed by atoms with Crippen molar-refractivity contribution in [1.82, 2.24) is 0 Å². The molecule has 0 fully saturated rings. The summed E-state index contributed by atoms with van der Waals surface area (Å²) in [4.78, 5) is 34.6. The largest absolute Gasteiger partial charge is 0.461 e. The minimum Gasteiger partial charge on any atom is -0.461 e. The summed E-state index contributed by atoms with van der Waals surface area (Å²) in [5.74, 6) is -0.469. The predicted octanol–water partition coefficient (Wildman–Crippen LogP) is 3.74. The number of nitrogens with one attached hydrogen (secondary N) is 1. The Hall–Kier alpha value is -3.68. The Morgan fingerprint density at radius 2 is 1.93 bits per heavy atom. The molecule has 8 heteroatoms. The highest BCUT2D eigenvalue weighted by Crippen LogP contribution is 2.29. The van der Waals surface area contributed by atoms with Gasteiger partial charge in [-0.15, -0.1) is 0 Å². The van der Waals surface area contributed by atoms with Gasteiger partial charge in [0.2, 0.25) is 0 Å². The average molecular weight is 408 g/mol. The summed E-state index contributed by atoms with van der Waals surface area (Å²) in [6.07, 6.45) is 3.06. The maximum absolute atomic E-state index is 12.1. The van der Waals surface area contributed by atoms with Crippen molar-refractivity contribution in [2.75, 3.05) is 11.9 Å². The van der Waals surface area contributed by atoms with E-state index in [1.807, 2.05) is 12.1 Å². The van der Waals surface area contributed by atoms with Gasteiger partial charge in [-0.05, 0) is 48.6 Å². The second-order valence-corrected chi connectivity index (χ2v) is 7.17. The number of hydrogen-bond donors (Lipinski definition) is 1. The zero-order chi connectivity index (χ0) is 21.1. The SMILES string of the molecule is O=C(CCNc1ccccc1[N+](=O)[O-])OCc1cc(=O)oc2cc3c(cc12)CCC3. The number of benzene rings is 2. The number of nitrogens with zero attached hydrogens (tertiary/aromatic N) is 1. The van der Waals surface area contributed by atoms with Gasteiger partial charge in [0.1, 0.15) is 17.9 Å². The van der Waals surface area contributed by atoms with Gasteiger partial charge in [-0.1, -0.05) is 12.1 Å². The van der Waals surface area contributed by atoms with Crippen LogP contribution < -0.4 is 10.9 Å². The Balaban J connectivity index is 1.39. The van der Waals surface area contributed by atoms with E-state index < -0.39 is 16.5 Å². The number of anilines is 1. The van der Waals surface area contributed by atoms with E-state index >= 15 is 0 Å². The molecule has 4 rings (SSSR count). The fourth-order valence-corrected chi connectivity index (χ4v) is 3.73. The van der Waals surface area contributed by atoms with Crippen LogP contribution in [-0.2, 0) is 29.0 Å². The van der Waals surface area contributed by atoms with E-state index in [2.05, 4.69) is 5.32 Å². The monoisotopic (exact) mass is 408 g/mol. The van der Waals surface area contributed by atoms with E-state index in [1.165, 1.54) is 23.3 Å². The van der Waals surface area contributed by atoms with E-state index in [4.69, 9.17) is 9.15 Å². The summed E-state index contributed by atoms with van der Waals surface area (Å²) in [6.45, 7) is 0.153. The first-order valence-corrected chi connectivity index (χ1v) is 9.73. The summed E-state index contributed by atoms with van der Waals surface area (Å²) >= 11 is 0. The van der Waals surface area contributed by atoms with Crippen LogP contribution in [0.2, 0.25) is 0 Å². The molecule has 3 aromatic rings. The van der Waals surface area contributed by atoms with Crippen LogP contribution in [0.15, 0.2) is 51.7 Å². The van der Waals surface area contributed by atoms with Gasteiger partial charge in [-0.2, -0.15) is 0 Å². The number of hydrogen-bond acceptors (Lipinski definition) is 7. The zero-order valence-corrected chi connectivity index (χ0v) is 16.2. The molecule has 0 saturated carbocycles. The zero-order valence-electron chi connectivity index (χ0n) is 16.2. The number of aryl methyl sites for hydroxylation is 2. The van der Waals surface area contributed by atoms with Gasteiger partial charge in [-0.3, -0.25) is 14.9 Å². The standard InChI is InChI=1S/C22H20N2O6/c25-21(8-9-23-18-6-1-2-7-19(18)24(27)28)29-13-16-12-22(26)30-20-11-15-5-3-4-14(15)10-17(16)20/h1-2,6-7,10-12,23H,3-5,8-9,13H2. The van der Waals surface area contributed by atoms with Gasteiger partial charge in [0.15, 0.2) is 0 Å². The number of nitro benzene ring substituents is 1. The highest BCUT2D eigenvalue weighted by Gasteiger charge is 2.16. The first-order chi connectivity index (χ1) is 14.5. The average Bonchev–Trinajstić information content (AvgIpc) is 3.18. The smallest absolute Gasteiger partial charge is 0.336 e. The first kappa shape index (κ1) is 19.6. The molecule has 0 spiro atoms. The van der Waals surface area contributed by atoms with E-state index in [1.54, 1.807) is 18.2 Å². The van der Waals surface area contributed by atoms with Gasteiger partial charge >= 0.3 is 11.6 Å². The molecule has 1 aromatic heterocycles. The quantitative estimate of drug-likeness (QED) is 0.274. The summed E-state index contributed by atoms with van der Waals surface area (Å²) in [5.41, 5.74) is 3.35. The number of esters is 1. The van der Waals surface area contributed by atoms with Crippen molar-refractivity contribution in [2.24, 2.45) is 0 Å². The molecule has 0 unspecified atom stereocenters. The van der Waals surface area contributed by atoms with Crippen LogP contribution in [0.4, 0.5) is 11.4 Å². The van der Waals surface area contributed by atoms with E-state index in [0.29, 0.717) is 16.8 Å². The topological polar surface area (TPSA) is 112 Å². The number of ether oxygens (including phenoxy) is 1. The van der Waals surface area contributed by atoms with Gasteiger partial charge in [0, 0.05) is 29.6 Å². The Bertz CT molecular complexity index is 1180. The van der Waals surface area contributed by atoms with Crippen molar-refractivity contribution in [3.05, 3.63) is 79.7 Å². The lowest BCUT2D eigenvalue weighted by atomic mass is 10.0. The number of fused-ring (bicyclic) bond motifs is 2. The first-order valence-electron chi connectivity index (χ1n) is 9.73. The summed E-state index contributed by atoms with van der Waals surface area (Å²) in [7, 11) is 0. The number of para-hydroxylation sites is 2. The van der Waals surface area contributed by atoms with Crippen LogP contribution in [0.5, 0.6) is 0 Å². The second-order valence-electron chi connectivity index (χ2n) is 7.17. The lowest BCUT2D eigenvalue weighted by Gasteiger charge is -2.10. The molecule has 2 aromatic carbocycles. The molecular weight excluding hydrogens is 388 g/mol. The van der Waals surface area contributed by atoms with E-state index in [9.17, 15) is 19.7 Å². The van der Waals surface area contributed by atoms with Crippen LogP contribution in [0.25, 0.3) is 11.0 Å². The maximum Gasteiger partial charge on any atom is 0.336 e. The van der Waals surface area contributed by atoms with E-state index in [0.717, 1.165) is 24.6 Å². The molecule has 8 nitrogen and oxygen atoms in total. The fraction of sp³-hybridized carbons (Fsp3) is 0.273. The van der Waals surface area contributed by atoms with Gasteiger partial charge in [0.05, 0.1) is 11.3 Å². The van der Waals surface area contributed by atoms with Crippen LogP contribution in [0, 0.1) is 10.1 Å². The minimum absolute atomic E-state index is 0.0286. The Morgan fingerprint density at radius 3 is 2.73 bits per heavy atom. The Labute approximate surface area is 171 Å². The normalized spacial score (nSPS) is 12.5. The predicted molar refractivity (Wildman–Crippen MR) is 111 cm³/mol. The number of carbonyl (C=O) groups excluding carboxylic acids is 1. The molecule has 0 bridgehead atoms. The summed E-state index contributed by atoms with van der Waals surface area (Å²) in [5, 5.41) is 14.7. The van der Waals surface area contributed by atoms with E-state index in [-0.39, 0.29) is 25.3 Å². The molecule has 0 amide bonds. The van der Waals surface area contributed by atoms with Crippen molar-refractivity contribution in [1.29, 1.82) is 0 Å². The highest BCUT2D eigenvalue weighted by molar-refractivity contribution is 5.82. The molecule has 0 atom stereocenters. The van der Waals surface area contributed by atoms with Crippen molar-refractivity contribution in [3.63, 3.8) is 0 Å². The minimum atomic E-state index is -0.483. The second kappa shape index (κ2) is 8.36. The molecule has 154 valence electrons. The van der Waals surface area contributed by atoms with Crippen LogP contribution in [-0.4, -0.2) is 17.4 Å². The van der Waals surface area contributed by atoms with Gasteiger partial charge < -0.3 is 14.5 Å². The molecule has 1 aliphatic rings. The number of carbonyl (C=O) groups is 1.